The lowest BCUT2D eigenvalue weighted by atomic mass is 10.0. The van der Waals surface area contributed by atoms with Gasteiger partial charge in [0, 0.05) is 29.8 Å². The van der Waals surface area contributed by atoms with Crippen molar-refractivity contribution in [3.05, 3.63) is 28.8 Å². The van der Waals surface area contributed by atoms with E-state index in [1.165, 1.54) is 11.3 Å². The van der Waals surface area contributed by atoms with Crippen LogP contribution < -0.4 is 10.6 Å². The van der Waals surface area contributed by atoms with Crippen molar-refractivity contribution in [2.45, 2.75) is 52.1 Å². The SMILES string of the molecule is CCC(CC)N(C)c1cc(Cl)ccc1CC(C)N. The molecule has 3 heteroatoms. The molecule has 0 saturated heterocycles. The fourth-order valence-electron chi connectivity index (χ4n) is 2.42. The number of hydrogen-bond acceptors (Lipinski definition) is 2. The lowest BCUT2D eigenvalue weighted by Gasteiger charge is -2.31. The van der Waals surface area contributed by atoms with Crippen LogP contribution in [-0.4, -0.2) is 19.1 Å². The molecule has 1 aromatic rings. The minimum absolute atomic E-state index is 0.167. The standard InChI is InChI=1S/C15H25ClN2/c1-5-14(6-2)18(4)15-10-13(16)8-7-12(15)9-11(3)17/h7-8,10-11,14H,5-6,9,17H2,1-4H3. The summed E-state index contributed by atoms with van der Waals surface area (Å²) in [6, 6.07) is 6.82. The third-order valence-electron chi connectivity index (χ3n) is 3.46. The van der Waals surface area contributed by atoms with Gasteiger partial charge >= 0.3 is 0 Å². The van der Waals surface area contributed by atoms with Crippen LogP contribution in [0.4, 0.5) is 5.69 Å². The Bertz CT molecular complexity index is 373. The Morgan fingerprint density at radius 3 is 2.39 bits per heavy atom. The van der Waals surface area contributed by atoms with Crippen LogP contribution in [0, 0.1) is 0 Å². The maximum atomic E-state index is 6.13. The second-order valence-corrected chi connectivity index (χ2v) is 5.47. The van der Waals surface area contributed by atoms with E-state index in [4.69, 9.17) is 17.3 Å². The summed E-state index contributed by atoms with van der Waals surface area (Å²) >= 11 is 6.13. The van der Waals surface area contributed by atoms with E-state index < -0.39 is 0 Å². The van der Waals surface area contributed by atoms with Gasteiger partial charge in [0.15, 0.2) is 0 Å². The third kappa shape index (κ3) is 3.89. The molecule has 0 aliphatic heterocycles. The van der Waals surface area contributed by atoms with E-state index in [2.05, 4.69) is 37.9 Å². The van der Waals surface area contributed by atoms with Gasteiger partial charge in [0.2, 0.25) is 0 Å². The van der Waals surface area contributed by atoms with Crippen LogP contribution >= 0.6 is 11.6 Å². The molecule has 0 aromatic heterocycles. The van der Waals surface area contributed by atoms with E-state index in [1.807, 2.05) is 13.0 Å². The Morgan fingerprint density at radius 1 is 1.28 bits per heavy atom. The molecule has 102 valence electrons. The molecule has 0 heterocycles. The smallest absolute Gasteiger partial charge is 0.0426 e. The van der Waals surface area contributed by atoms with Crippen LogP contribution in [-0.2, 0) is 6.42 Å². The highest BCUT2D eigenvalue weighted by Gasteiger charge is 2.15. The molecule has 1 unspecified atom stereocenters. The molecular weight excluding hydrogens is 244 g/mol. The quantitative estimate of drug-likeness (QED) is 0.849. The summed E-state index contributed by atoms with van der Waals surface area (Å²) in [5.41, 5.74) is 8.42. The number of hydrogen-bond donors (Lipinski definition) is 1. The zero-order valence-electron chi connectivity index (χ0n) is 11.9. The van der Waals surface area contributed by atoms with E-state index in [0.29, 0.717) is 6.04 Å². The zero-order chi connectivity index (χ0) is 13.7. The fourth-order valence-corrected chi connectivity index (χ4v) is 2.58. The van der Waals surface area contributed by atoms with Gasteiger partial charge in [-0.05, 0) is 43.9 Å². The van der Waals surface area contributed by atoms with Gasteiger partial charge in [0.1, 0.15) is 0 Å². The summed E-state index contributed by atoms with van der Waals surface area (Å²) < 4.78 is 0. The van der Waals surface area contributed by atoms with Crippen LogP contribution in [0.3, 0.4) is 0 Å². The zero-order valence-corrected chi connectivity index (χ0v) is 12.7. The molecule has 0 spiro atoms. The van der Waals surface area contributed by atoms with Crippen molar-refractivity contribution in [3.8, 4) is 0 Å². The molecule has 18 heavy (non-hydrogen) atoms. The summed E-state index contributed by atoms with van der Waals surface area (Å²) in [7, 11) is 2.15. The maximum absolute atomic E-state index is 6.13. The number of anilines is 1. The lowest BCUT2D eigenvalue weighted by Crippen LogP contribution is -2.31. The largest absolute Gasteiger partial charge is 0.371 e. The van der Waals surface area contributed by atoms with Gasteiger partial charge < -0.3 is 10.6 Å². The Labute approximate surface area is 116 Å². The summed E-state index contributed by atoms with van der Waals surface area (Å²) in [5.74, 6) is 0. The van der Waals surface area contributed by atoms with E-state index in [-0.39, 0.29) is 6.04 Å². The molecule has 0 fully saturated rings. The number of nitrogens with zero attached hydrogens (tertiary/aromatic N) is 1. The average Bonchev–Trinajstić information content (AvgIpc) is 2.32. The Morgan fingerprint density at radius 2 is 1.89 bits per heavy atom. The molecule has 1 aromatic carbocycles. The maximum Gasteiger partial charge on any atom is 0.0426 e. The van der Waals surface area contributed by atoms with Crippen LogP contribution in [0.2, 0.25) is 5.02 Å². The van der Waals surface area contributed by atoms with E-state index >= 15 is 0 Å². The Balaban J connectivity index is 3.07. The van der Waals surface area contributed by atoms with Crippen LogP contribution in [0.5, 0.6) is 0 Å². The summed E-state index contributed by atoms with van der Waals surface area (Å²) in [6.07, 6.45) is 3.16. The molecule has 0 aliphatic carbocycles. The lowest BCUT2D eigenvalue weighted by molar-refractivity contribution is 0.588. The average molecular weight is 269 g/mol. The van der Waals surface area contributed by atoms with Crippen molar-refractivity contribution < 1.29 is 0 Å². The molecule has 2 nitrogen and oxygen atoms in total. The monoisotopic (exact) mass is 268 g/mol. The first-order valence-electron chi connectivity index (χ1n) is 6.76. The molecule has 1 rings (SSSR count). The highest BCUT2D eigenvalue weighted by molar-refractivity contribution is 6.30. The Kier molecular flexibility index (Phi) is 5.97. The van der Waals surface area contributed by atoms with Gasteiger partial charge in [-0.25, -0.2) is 0 Å². The summed E-state index contributed by atoms with van der Waals surface area (Å²) in [5, 5.41) is 0.788. The van der Waals surface area contributed by atoms with Crippen molar-refractivity contribution >= 4 is 17.3 Å². The normalized spacial score (nSPS) is 12.8. The van der Waals surface area contributed by atoms with E-state index in [9.17, 15) is 0 Å². The first kappa shape index (κ1) is 15.3. The second kappa shape index (κ2) is 7.01. The molecule has 0 radical (unpaired) electrons. The first-order chi connectivity index (χ1) is 8.49. The molecular formula is C15H25ClN2. The number of rotatable bonds is 6. The van der Waals surface area contributed by atoms with Gasteiger partial charge in [-0.15, -0.1) is 0 Å². The summed E-state index contributed by atoms with van der Waals surface area (Å²) in [6.45, 7) is 6.48. The van der Waals surface area contributed by atoms with Crippen molar-refractivity contribution in [2.75, 3.05) is 11.9 Å². The van der Waals surface area contributed by atoms with E-state index in [0.717, 1.165) is 24.3 Å². The van der Waals surface area contributed by atoms with Gasteiger partial charge in [-0.3, -0.25) is 0 Å². The first-order valence-corrected chi connectivity index (χ1v) is 7.14. The van der Waals surface area contributed by atoms with Crippen molar-refractivity contribution in [1.29, 1.82) is 0 Å². The number of halogens is 1. The van der Waals surface area contributed by atoms with E-state index in [1.54, 1.807) is 0 Å². The van der Waals surface area contributed by atoms with Gasteiger partial charge in [0.05, 0.1) is 0 Å². The molecule has 1 atom stereocenters. The molecule has 0 saturated carbocycles. The topological polar surface area (TPSA) is 29.3 Å². The number of benzene rings is 1. The predicted octanol–water partition coefficient (Wildman–Crippen LogP) is 3.85. The van der Waals surface area contributed by atoms with Crippen molar-refractivity contribution in [1.82, 2.24) is 0 Å². The van der Waals surface area contributed by atoms with Gasteiger partial charge in [-0.1, -0.05) is 31.5 Å². The minimum atomic E-state index is 0.167. The molecule has 0 amide bonds. The van der Waals surface area contributed by atoms with Crippen molar-refractivity contribution in [2.24, 2.45) is 5.73 Å². The van der Waals surface area contributed by atoms with Gasteiger partial charge in [0.25, 0.3) is 0 Å². The second-order valence-electron chi connectivity index (χ2n) is 5.04. The van der Waals surface area contributed by atoms with Crippen molar-refractivity contribution in [3.63, 3.8) is 0 Å². The third-order valence-corrected chi connectivity index (χ3v) is 3.69. The van der Waals surface area contributed by atoms with Crippen LogP contribution in [0.15, 0.2) is 18.2 Å². The predicted molar refractivity (Wildman–Crippen MR) is 81.6 cm³/mol. The highest BCUT2D eigenvalue weighted by Crippen LogP contribution is 2.27. The summed E-state index contributed by atoms with van der Waals surface area (Å²) in [4.78, 5) is 2.34. The fraction of sp³-hybridized carbons (Fsp3) is 0.600. The van der Waals surface area contributed by atoms with Crippen LogP contribution in [0.1, 0.15) is 39.2 Å². The minimum Gasteiger partial charge on any atom is -0.371 e. The molecule has 0 bridgehead atoms. The number of nitrogens with two attached hydrogens (primary N) is 1. The van der Waals surface area contributed by atoms with Gasteiger partial charge in [-0.2, -0.15) is 0 Å². The Hall–Kier alpha value is -0.730. The molecule has 2 N–H and O–H groups in total. The molecule has 0 aliphatic rings. The van der Waals surface area contributed by atoms with Crippen LogP contribution in [0.25, 0.3) is 0 Å². The highest BCUT2D eigenvalue weighted by atomic mass is 35.5.